The van der Waals surface area contributed by atoms with E-state index in [0.717, 1.165) is 29.4 Å². The minimum Gasteiger partial charge on any atom is -0.497 e. The van der Waals surface area contributed by atoms with Crippen LogP contribution in [0, 0.1) is 12.8 Å². The molecule has 124 valence electrons. The second-order valence-electron chi connectivity index (χ2n) is 6.17. The SMILES string of the molecule is COc1ccc([C@H](NCc2c(C)nn(C)c2OC)C2CC2)cc1. The molecular formula is C18H25N3O2. The molecule has 1 heterocycles. The quantitative estimate of drug-likeness (QED) is 0.853. The summed E-state index contributed by atoms with van der Waals surface area (Å²) < 4.78 is 12.5. The van der Waals surface area contributed by atoms with E-state index in [1.807, 2.05) is 26.1 Å². The van der Waals surface area contributed by atoms with E-state index in [0.29, 0.717) is 12.0 Å². The third-order valence-electron chi connectivity index (χ3n) is 4.55. The third kappa shape index (κ3) is 3.34. The average molecular weight is 315 g/mol. The molecule has 1 aliphatic rings. The standard InChI is InChI=1S/C18H25N3O2/c1-12-16(18(23-4)21(2)20-12)11-19-17(13-5-6-13)14-7-9-15(22-3)10-8-14/h7-10,13,17,19H,5-6,11H2,1-4H3/t17-/m1/s1. The second kappa shape index (κ2) is 6.62. The Hall–Kier alpha value is -2.01. The van der Waals surface area contributed by atoms with E-state index in [4.69, 9.17) is 9.47 Å². The molecule has 5 nitrogen and oxygen atoms in total. The Labute approximate surface area is 137 Å². The number of ether oxygens (including phenoxy) is 2. The van der Waals surface area contributed by atoms with Gasteiger partial charge >= 0.3 is 0 Å². The number of hydrogen-bond donors (Lipinski definition) is 1. The number of rotatable bonds is 7. The number of hydrogen-bond acceptors (Lipinski definition) is 4. The molecule has 0 radical (unpaired) electrons. The summed E-state index contributed by atoms with van der Waals surface area (Å²) in [5.41, 5.74) is 3.46. The molecule has 3 rings (SSSR count). The summed E-state index contributed by atoms with van der Waals surface area (Å²) in [7, 11) is 5.31. The minimum absolute atomic E-state index is 0.366. The Morgan fingerprint density at radius 3 is 2.48 bits per heavy atom. The first-order valence-electron chi connectivity index (χ1n) is 8.07. The van der Waals surface area contributed by atoms with Crippen LogP contribution in [0.25, 0.3) is 0 Å². The van der Waals surface area contributed by atoms with E-state index in [1.54, 1.807) is 18.9 Å². The van der Waals surface area contributed by atoms with Crippen LogP contribution >= 0.6 is 0 Å². The molecule has 1 aromatic heterocycles. The summed E-state index contributed by atoms with van der Waals surface area (Å²) in [6, 6.07) is 8.74. The summed E-state index contributed by atoms with van der Waals surface area (Å²) in [5, 5.41) is 8.16. The maximum atomic E-state index is 5.49. The van der Waals surface area contributed by atoms with Gasteiger partial charge in [0.15, 0.2) is 0 Å². The first-order valence-corrected chi connectivity index (χ1v) is 8.07. The molecule has 1 fully saturated rings. The summed E-state index contributed by atoms with van der Waals surface area (Å²) in [5.74, 6) is 2.44. The molecule has 0 bridgehead atoms. The van der Waals surface area contributed by atoms with Gasteiger partial charge in [-0.1, -0.05) is 12.1 Å². The van der Waals surface area contributed by atoms with Gasteiger partial charge in [0.1, 0.15) is 5.75 Å². The van der Waals surface area contributed by atoms with Crippen LogP contribution < -0.4 is 14.8 Å². The van der Waals surface area contributed by atoms with E-state index in [2.05, 4.69) is 22.5 Å². The topological polar surface area (TPSA) is 48.3 Å². The van der Waals surface area contributed by atoms with Crippen LogP contribution in [-0.2, 0) is 13.6 Å². The van der Waals surface area contributed by atoms with Crippen LogP contribution in [0.15, 0.2) is 24.3 Å². The first kappa shape index (κ1) is 15.9. The van der Waals surface area contributed by atoms with Crippen LogP contribution in [0.3, 0.4) is 0 Å². The van der Waals surface area contributed by atoms with Crippen molar-refractivity contribution in [3.05, 3.63) is 41.1 Å². The van der Waals surface area contributed by atoms with E-state index in [1.165, 1.54) is 18.4 Å². The van der Waals surface area contributed by atoms with Crippen molar-refractivity contribution < 1.29 is 9.47 Å². The molecule has 0 unspecified atom stereocenters. The van der Waals surface area contributed by atoms with Crippen molar-refractivity contribution in [3.8, 4) is 11.6 Å². The fourth-order valence-electron chi connectivity index (χ4n) is 3.15. The lowest BCUT2D eigenvalue weighted by Gasteiger charge is -2.19. The molecule has 0 saturated heterocycles. The normalized spacial score (nSPS) is 15.5. The van der Waals surface area contributed by atoms with Gasteiger partial charge in [0.05, 0.1) is 25.5 Å². The highest BCUT2D eigenvalue weighted by Crippen LogP contribution is 2.41. The molecule has 5 heteroatoms. The van der Waals surface area contributed by atoms with Gasteiger partial charge < -0.3 is 14.8 Å². The summed E-state index contributed by atoms with van der Waals surface area (Å²) >= 11 is 0. The fraction of sp³-hybridized carbons (Fsp3) is 0.500. The lowest BCUT2D eigenvalue weighted by Crippen LogP contribution is -2.23. The second-order valence-corrected chi connectivity index (χ2v) is 6.17. The summed E-state index contributed by atoms with van der Waals surface area (Å²) in [6.07, 6.45) is 2.57. The molecule has 1 atom stereocenters. The molecular weight excluding hydrogens is 290 g/mol. The highest BCUT2D eigenvalue weighted by molar-refractivity contribution is 5.33. The number of aromatic nitrogens is 2. The number of nitrogens with one attached hydrogen (secondary N) is 1. The van der Waals surface area contributed by atoms with Gasteiger partial charge in [-0.3, -0.25) is 0 Å². The molecule has 1 saturated carbocycles. The molecule has 2 aromatic rings. The van der Waals surface area contributed by atoms with E-state index >= 15 is 0 Å². The predicted molar refractivity (Wildman–Crippen MR) is 89.8 cm³/mol. The van der Waals surface area contributed by atoms with Gasteiger partial charge in [0.2, 0.25) is 5.88 Å². The van der Waals surface area contributed by atoms with Crippen molar-refractivity contribution >= 4 is 0 Å². The average Bonchev–Trinajstić information content (AvgIpc) is 3.35. The zero-order valence-electron chi connectivity index (χ0n) is 14.3. The van der Waals surface area contributed by atoms with Crippen LogP contribution in [0.5, 0.6) is 11.6 Å². The van der Waals surface area contributed by atoms with E-state index in [9.17, 15) is 0 Å². The highest BCUT2D eigenvalue weighted by Gasteiger charge is 2.32. The lowest BCUT2D eigenvalue weighted by atomic mass is 10.0. The van der Waals surface area contributed by atoms with Crippen molar-refractivity contribution in [1.82, 2.24) is 15.1 Å². The van der Waals surface area contributed by atoms with E-state index < -0.39 is 0 Å². The Bertz CT molecular complexity index is 660. The Kier molecular flexibility index (Phi) is 4.57. The zero-order chi connectivity index (χ0) is 16.4. The number of methoxy groups -OCH3 is 2. The molecule has 0 spiro atoms. The zero-order valence-corrected chi connectivity index (χ0v) is 14.3. The number of aryl methyl sites for hydroxylation is 2. The molecule has 23 heavy (non-hydrogen) atoms. The van der Waals surface area contributed by atoms with Crippen molar-refractivity contribution in [2.45, 2.75) is 32.4 Å². The van der Waals surface area contributed by atoms with Gasteiger partial charge in [-0.25, -0.2) is 4.68 Å². The van der Waals surface area contributed by atoms with Crippen LogP contribution in [0.2, 0.25) is 0 Å². The molecule has 1 aromatic carbocycles. The van der Waals surface area contributed by atoms with Gasteiger partial charge in [-0.2, -0.15) is 5.10 Å². The van der Waals surface area contributed by atoms with Crippen LogP contribution in [0.1, 0.15) is 35.7 Å². The van der Waals surface area contributed by atoms with Crippen molar-refractivity contribution in [2.75, 3.05) is 14.2 Å². The molecule has 0 aliphatic heterocycles. The number of benzene rings is 1. The van der Waals surface area contributed by atoms with Crippen molar-refractivity contribution in [3.63, 3.8) is 0 Å². The lowest BCUT2D eigenvalue weighted by molar-refractivity contribution is 0.365. The van der Waals surface area contributed by atoms with E-state index in [-0.39, 0.29) is 0 Å². The van der Waals surface area contributed by atoms with Gasteiger partial charge in [-0.15, -0.1) is 0 Å². The smallest absolute Gasteiger partial charge is 0.216 e. The van der Waals surface area contributed by atoms with Gasteiger partial charge in [0.25, 0.3) is 0 Å². The van der Waals surface area contributed by atoms with Crippen LogP contribution in [0.4, 0.5) is 0 Å². The number of nitrogens with zero attached hydrogens (tertiary/aromatic N) is 2. The Morgan fingerprint density at radius 1 is 1.22 bits per heavy atom. The minimum atomic E-state index is 0.366. The maximum Gasteiger partial charge on any atom is 0.216 e. The Balaban J connectivity index is 1.76. The fourth-order valence-corrected chi connectivity index (χ4v) is 3.15. The molecule has 0 amide bonds. The largest absolute Gasteiger partial charge is 0.497 e. The van der Waals surface area contributed by atoms with Crippen LogP contribution in [-0.4, -0.2) is 24.0 Å². The maximum absolute atomic E-state index is 5.49. The highest BCUT2D eigenvalue weighted by atomic mass is 16.5. The predicted octanol–water partition coefficient (Wildman–Crippen LogP) is 2.99. The molecule has 1 aliphatic carbocycles. The van der Waals surface area contributed by atoms with Gasteiger partial charge in [-0.05, 0) is 43.4 Å². The third-order valence-corrected chi connectivity index (χ3v) is 4.55. The van der Waals surface area contributed by atoms with Crippen molar-refractivity contribution in [2.24, 2.45) is 13.0 Å². The van der Waals surface area contributed by atoms with Crippen molar-refractivity contribution in [1.29, 1.82) is 0 Å². The first-order chi connectivity index (χ1) is 11.1. The van der Waals surface area contributed by atoms with Gasteiger partial charge in [0, 0.05) is 19.6 Å². The monoisotopic (exact) mass is 315 g/mol. The summed E-state index contributed by atoms with van der Waals surface area (Å²) in [6.45, 7) is 2.79. The Morgan fingerprint density at radius 2 is 1.91 bits per heavy atom. The molecule has 1 N–H and O–H groups in total. The summed E-state index contributed by atoms with van der Waals surface area (Å²) in [4.78, 5) is 0.